The van der Waals surface area contributed by atoms with Crippen molar-refractivity contribution in [1.29, 1.82) is 0 Å². The van der Waals surface area contributed by atoms with Crippen molar-refractivity contribution in [1.82, 2.24) is 0 Å². The number of amides is 1. The molecule has 0 spiro atoms. The Morgan fingerprint density at radius 2 is 1.62 bits per heavy atom. The fourth-order valence-corrected chi connectivity index (χ4v) is 0. The molecule has 0 aliphatic carbocycles. The molecule has 8 heavy (non-hydrogen) atoms. The number of primary amides is 1. The number of nitrogens with two attached hydrogens (primary N) is 2. The molecule has 0 radical (unpaired) electrons. The molecule has 0 aliphatic heterocycles. The van der Waals surface area contributed by atoms with Crippen molar-refractivity contribution in [2.45, 2.75) is 0 Å². The summed E-state index contributed by atoms with van der Waals surface area (Å²) in [7, 11) is 0. The van der Waals surface area contributed by atoms with Crippen LogP contribution in [0.4, 0.5) is 0 Å². The molecule has 0 aromatic heterocycles. The van der Waals surface area contributed by atoms with E-state index in [-0.39, 0.29) is 0 Å². The molecule has 1 amide bonds. The lowest BCUT2D eigenvalue weighted by molar-refractivity contribution is -0.113. The van der Waals surface area contributed by atoms with E-state index in [1.165, 1.54) is 6.20 Å². The van der Waals surface area contributed by atoms with E-state index in [1.807, 2.05) is 0 Å². The molecular weight excluding hydrogens is 104 g/mol. The smallest absolute Gasteiger partial charge is 0.240 e. The van der Waals surface area contributed by atoms with Crippen LogP contribution in [0.1, 0.15) is 0 Å². The van der Waals surface area contributed by atoms with Crippen molar-refractivity contribution >= 4 is 5.91 Å². The predicted molar refractivity (Wildman–Crippen MR) is 33.8 cm³/mol. The summed E-state index contributed by atoms with van der Waals surface area (Å²) < 4.78 is 0. The summed E-state index contributed by atoms with van der Waals surface area (Å²) in [6.45, 7) is 6.22. The van der Waals surface area contributed by atoms with E-state index in [1.54, 1.807) is 0 Å². The molecule has 0 aliphatic rings. The lowest BCUT2D eigenvalue weighted by Gasteiger charge is -1.65. The molecule has 3 heteroatoms. The van der Waals surface area contributed by atoms with Gasteiger partial charge in [-0.1, -0.05) is 13.2 Å². The van der Waals surface area contributed by atoms with Crippen LogP contribution in [0.25, 0.3) is 0 Å². The van der Waals surface area contributed by atoms with Gasteiger partial charge >= 0.3 is 0 Å². The molecule has 46 valence electrons. The zero-order valence-electron chi connectivity index (χ0n) is 4.63. The number of hydrogen-bond donors (Lipinski definition) is 2. The number of carbonyl (C=O) groups excluding carboxylic acids is 1. The first-order chi connectivity index (χ1) is 3.68. The van der Waals surface area contributed by atoms with Crippen molar-refractivity contribution < 1.29 is 4.79 Å². The summed E-state index contributed by atoms with van der Waals surface area (Å²) in [4.78, 5) is 9.47. The van der Waals surface area contributed by atoms with Crippen LogP contribution in [0.15, 0.2) is 25.4 Å². The Morgan fingerprint density at radius 3 is 1.62 bits per heavy atom. The Balaban J connectivity index is 0. The monoisotopic (exact) mass is 114 g/mol. The molecule has 0 unspecified atom stereocenters. The van der Waals surface area contributed by atoms with Gasteiger partial charge in [-0.25, -0.2) is 0 Å². The molecule has 0 aromatic carbocycles. The van der Waals surface area contributed by atoms with Crippen LogP contribution in [-0.4, -0.2) is 5.91 Å². The van der Waals surface area contributed by atoms with Crippen molar-refractivity contribution in [2.75, 3.05) is 0 Å². The minimum atomic E-state index is -0.481. The molecule has 4 N–H and O–H groups in total. The largest absolute Gasteiger partial charge is 0.405 e. The normalized spacial score (nSPS) is 5.50. The second-order valence-corrected chi connectivity index (χ2v) is 0.842. The maximum absolute atomic E-state index is 9.47. The van der Waals surface area contributed by atoms with Crippen molar-refractivity contribution in [3.05, 3.63) is 25.4 Å². The summed E-state index contributed by atoms with van der Waals surface area (Å²) in [5.41, 5.74) is 9.15. The molecule has 0 bridgehead atoms. The highest BCUT2D eigenvalue weighted by atomic mass is 16.1. The Morgan fingerprint density at radius 1 is 1.50 bits per heavy atom. The minimum Gasteiger partial charge on any atom is -0.405 e. The number of carbonyl (C=O) groups is 1. The van der Waals surface area contributed by atoms with E-state index in [9.17, 15) is 4.79 Å². The Hall–Kier alpha value is -1.25. The van der Waals surface area contributed by atoms with E-state index in [2.05, 4.69) is 24.6 Å². The third-order valence-electron chi connectivity index (χ3n) is 0.201. The molecule has 0 aromatic rings. The number of hydrogen-bond acceptors (Lipinski definition) is 2. The zero-order chi connectivity index (χ0) is 6.99. The van der Waals surface area contributed by atoms with Crippen LogP contribution in [0.3, 0.4) is 0 Å². The van der Waals surface area contributed by atoms with Crippen molar-refractivity contribution in [2.24, 2.45) is 11.5 Å². The maximum Gasteiger partial charge on any atom is 0.240 e. The van der Waals surface area contributed by atoms with Gasteiger partial charge in [0.15, 0.2) is 0 Å². The van der Waals surface area contributed by atoms with Crippen molar-refractivity contribution in [3.8, 4) is 0 Å². The summed E-state index contributed by atoms with van der Waals surface area (Å²) >= 11 is 0. The molecule has 0 saturated carbocycles. The van der Waals surface area contributed by atoms with Gasteiger partial charge in [0.2, 0.25) is 5.91 Å². The van der Waals surface area contributed by atoms with Crippen LogP contribution in [0.2, 0.25) is 0 Å². The first-order valence-electron chi connectivity index (χ1n) is 1.93. The standard InChI is InChI=1S/C3H5NO.C2H5N/c1-2-3(4)5;1-2-3/h2H,1H2,(H2,4,5);2H,1,3H2. The lowest BCUT2D eigenvalue weighted by atomic mass is 10.6. The SMILES string of the molecule is C=CC(N)=O.C=CN. The molecule has 0 rings (SSSR count). The summed E-state index contributed by atoms with van der Waals surface area (Å²) in [5, 5.41) is 0. The number of rotatable bonds is 1. The Labute approximate surface area is 48.7 Å². The Kier molecular flexibility index (Phi) is 11.4. The van der Waals surface area contributed by atoms with Gasteiger partial charge in [-0.15, -0.1) is 0 Å². The van der Waals surface area contributed by atoms with E-state index in [4.69, 9.17) is 0 Å². The first-order valence-corrected chi connectivity index (χ1v) is 1.93. The highest BCUT2D eigenvalue weighted by Crippen LogP contribution is 1.48. The van der Waals surface area contributed by atoms with Gasteiger partial charge in [0.1, 0.15) is 0 Å². The van der Waals surface area contributed by atoms with Crippen molar-refractivity contribution in [3.63, 3.8) is 0 Å². The second kappa shape index (κ2) is 9.23. The van der Waals surface area contributed by atoms with E-state index < -0.39 is 5.91 Å². The highest BCUT2D eigenvalue weighted by molar-refractivity contribution is 5.84. The van der Waals surface area contributed by atoms with Gasteiger partial charge in [0.25, 0.3) is 0 Å². The van der Waals surface area contributed by atoms with Gasteiger partial charge in [-0.3, -0.25) is 4.79 Å². The molecule has 0 saturated heterocycles. The third-order valence-corrected chi connectivity index (χ3v) is 0.201. The van der Waals surface area contributed by atoms with Crippen LogP contribution in [-0.2, 0) is 4.79 Å². The summed E-state index contributed by atoms with van der Waals surface area (Å²) in [6.07, 6.45) is 2.31. The van der Waals surface area contributed by atoms with Gasteiger partial charge < -0.3 is 11.5 Å². The fourth-order valence-electron chi connectivity index (χ4n) is 0. The van der Waals surface area contributed by atoms with Gasteiger partial charge in [0.05, 0.1) is 0 Å². The van der Waals surface area contributed by atoms with E-state index in [0.29, 0.717) is 0 Å². The summed E-state index contributed by atoms with van der Waals surface area (Å²) in [5.74, 6) is -0.481. The molecule has 3 nitrogen and oxygen atoms in total. The summed E-state index contributed by atoms with van der Waals surface area (Å²) in [6, 6.07) is 0. The first kappa shape index (κ1) is 9.89. The van der Waals surface area contributed by atoms with Gasteiger partial charge in [0, 0.05) is 0 Å². The van der Waals surface area contributed by atoms with Crippen LogP contribution < -0.4 is 11.5 Å². The van der Waals surface area contributed by atoms with Crippen LogP contribution in [0, 0.1) is 0 Å². The molecule has 0 heterocycles. The quantitative estimate of drug-likeness (QED) is 0.461. The maximum atomic E-state index is 9.47. The molecular formula is C5H10N2O. The fraction of sp³-hybridized carbons (Fsp3) is 0. The predicted octanol–water partition coefficient (Wildman–Crippen LogP) is -0.254. The molecule has 0 atom stereocenters. The minimum absolute atomic E-state index is 0.481. The molecule has 0 fully saturated rings. The second-order valence-electron chi connectivity index (χ2n) is 0.842. The van der Waals surface area contributed by atoms with Gasteiger partial charge in [-0.2, -0.15) is 0 Å². The average Bonchev–Trinajstić information content (AvgIpc) is 1.69. The Bertz CT molecular complexity index is 88.4. The van der Waals surface area contributed by atoms with Gasteiger partial charge in [-0.05, 0) is 12.3 Å². The van der Waals surface area contributed by atoms with Crippen LogP contribution in [0.5, 0.6) is 0 Å². The highest BCUT2D eigenvalue weighted by Gasteiger charge is 1.69. The topological polar surface area (TPSA) is 69.1 Å². The average molecular weight is 114 g/mol. The lowest BCUT2D eigenvalue weighted by Crippen LogP contribution is -2.04. The van der Waals surface area contributed by atoms with E-state index in [0.717, 1.165) is 6.08 Å². The zero-order valence-corrected chi connectivity index (χ0v) is 4.63. The van der Waals surface area contributed by atoms with E-state index >= 15 is 0 Å². The third kappa shape index (κ3) is 119. The van der Waals surface area contributed by atoms with Crippen LogP contribution >= 0.6 is 0 Å².